The Morgan fingerprint density at radius 1 is 1.00 bits per heavy atom. The average molecular weight is 298 g/mol. The average Bonchev–Trinajstić information content (AvgIpc) is 3.02. The maximum Gasteiger partial charge on any atom is 0.216 e. The van der Waals surface area contributed by atoms with Crippen LogP contribution in [0.25, 0.3) is 0 Å². The number of nitrogens with zero attached hydrogens (tertiary/aromatic N) is 4. The standard InChI is InChI=1S/C13H22N4O2S/c18-20(19,13-4-2-1-3-5-13)16-9-6-12(7-10-16)17-11-8-14-15-17/h8,11-13H,1-7,9-10H2. The molecule has 1 aliphatic carbocycles. The van der Waals surface area contributed by atoms with E-state index in [-0.39, 0.29) is 11.3 Å². The van der Waals surface area contributed by atoms with Crippen LogP contribution in [-0.4, -0.2) is 46.1 Å². The van der Waals surface area contributed by atoms with Gasteiger partial charge < -0.3 is 0 Å². The molecule has 2 aliphatic rings. The topological polar surface area (TPSA) is 68.1 Å². The minimum Gasteiger partial charge on any atom is -0.249 e. The van der Waals surface area contributed by atoms with Crippen molar-refractivity contribution in [1.29, 1.82) is 0 Å². The molecule has 6 nitrogen and oxygen atoms in total. The molecule has 20 heavy (non-hydrogen) atoms. The molecule has 2 fully saturated rings. The number of hydrogen-bond donors (Lipinski definition) is 0. The van der Waals surface area contributed by atoms with Gasteiger partial charge in [0.05, 0.1) is 17.5 Å². The van der Waals surface area contributed by atoms with E-state index in [2.05, 4.69) is 10.3 Å². The lowest BCUT2D eigenvalue weighted by atomic mass is 10.0. The molecular weight excluding hydrogens is 276 g/mol. The summed E-state index contributed by atoms with van der Waals surface area (Å²) < 4.78 is 28.8. The van der Waals surface area contributed by atoms with Crippen molar-refractivity contribution in [2.45, 2.75) is 56.2 Å². The van der Waals surface area contributed by atoms with Crippen LogP contribution in [0.1, 0.15) is 51.0 Å². The monoisotopic (exact) mass is 298 g/mol. The van der Waals surface area contributed by atoms with E-state index in [0.29, 0.717) is 13.1 Å². The van der Waals surface area contributed by atoms with E-state index in [1.165, 1.54) is 6.42 Å². The highest BCUT2D eigenvalue weighted by Gasteiger charge is 2.35. The second-order valence-corrected chi connectivity index (χ2v) is 8.03. The summed E-state index contributed by atoms with van der Waals surface area (Å²) in [6.07, 6.45) is 10.2. The van der Waals surface area contributed by atoms with Crippen molar-refractivity contribution >= 4 is 10.0 Å². The molecule has 112 valence electrons. The summed E-state index contributed by atoms with van der Waals surface area (Å²) in [5.74, 6) is 0. The first-order valence-electron chi connectivity index (χ1n) is 7.52. The van der Waals surface area contributed by atoms with Crippen LogP contribution in [0.5, 0.6) is 0 Å². The molecule has 0 radical (unpaired) electrons. The number of piperidine rings is 1. The van der Waals surface area contributed by atoms with Gasteiger partial charge in [-0.1, -0.05) is 24.5 Å². The third-order valence-corrected chi connectivity index (χ3v) is 6.97. The van der Waals surface area contributed by atoms with Crippen molar-refractivity contribution in [2.75, 3.05) is 13.1 Å². The highest BCUT2D eigenvalue weighted by Crippen LogP contribution is 2.29. The summed E-state index contributed by atoms with van der Waals surface area (Å²) in [5, 5.41) is 7.70. The Hall–Kier alpha value is -0.950. The zero-order valence-electron chi connectivity index (χ0n) is 11.7. The van der Waals surface area contributed by atoms with Crippen molar-refractivity contribution in [3.05, 3.63) is 12.4 Å². The molecule has 0 amide bonds. The molecular formula is C13H22N4O2S. The zero-order chi connectivity index (χ0) is 14.0. The van der Waals surface area contributed by atoms with E-state index in [4.69, 9.17) is 0 Å². The lowest BCUT2D eigenvalue weighted by Gasteiger charge is -2.34. The van der Waals surface area contributed by atoms with Gasteiger partial charge in [0.25, 0.3) is 0 Å². The lowest BCUT2D eigenvalue weighted by Crippen LogP contribution is -2.44. The second-order valence-electron chi connectivity index (χ2n) is 5.82. The van der Waals surface area contributed by atoms with Gasteiger partial charge in [0.1, 0.15) is 0 Å². The summed E-state index contributed by atoms with van der Waals surface area (Å²) in [7, 11) is -3.09. The van der Waals surface area contributed by atoms with Crippen molar-refractivity contribution < 1.29 is 8.42 Å². The van der Waals surface area contributed by atoms with Crippen LogP contribution in [0.2, 0.25) is 0 Å². The van der Waals surface area contributed by atoms with E-state index >= 15 is 0 Å². The maximum atomic E-state index is 12.6. The molecule has 1 saturated heterocycles. The molecule has 1 aromatic rings. The second kappa shape index (κ2) is 5.81. The first-order valence-corrected chi connectivity index (χ1v) is 9.03. The molecule has 1 aliphatic heterocycles. The Kier molecular flexibility index (Phi) is 4.07. The lowest BCUT2D eigenvalue weighted by molar-refractivity contribution is 0.254. The maximum absolute atomic E-state index is 12.6. The highest BCUT2D eigenvalue weighted by atomic mass is 32.2. The Labute approximate surface area is 120 Å². The molecule has 0 atom stereocenters. The van der Waals surface area contributed by atoms with Gasteiger partial charge in [0.2, 0.25) is 10.0 Å². The normalized spacial score (nSPS) is 24.0. The van der Waals surface area contributed by atoms with Gasteiger partial charge in [0.15, 0.2) is 0 Å². The fourth-order valence-corrected chi connectivity index (χ4v) is 5.42. The van der Waals surface area contributed by atoms with Gasteiger partial charge in [-0.2, -0.15) is 0 Å². The number of aromatic nitrogens is 3. The SMILES string of the molecule is O=S(=O)(C1CCCCC1)N1CCC(n2ccnn2)CC1. The molecule has 1 aromatic heterocycles. The number of rotatable bonds is 3. The van der Waals surface area contributed by atoms with Gasteiger partial charge >= 0.3 is 0 Å². The van der Waals surface area contributed by atoms with Gasteiger partial charge in [0, 0.05) is 19.3 Å². The minimum atomic E-state index is -3.09. The predicted molar refractivity (Wildman–Crippen MR) is 75.7 cm³/mol. The Morgan fingerprint density at radius 2 is 1.70 bits per heavy atom. The Balaban J connectivity index is 1.62. The van der Waals surface area contributed by atoms with Crippen LogP contribution in [0.15, 0.2) is 12.4 Å². The van der Waals surface area contributed by atoms with Gasteiger partial charge in [-0.25, -0.2) is 17.4 Å². The molecule has 1 saturated carbocycles. The molecule has 2 heterocycles. The van der Waals surface area contributed by atoms with Gasteiger partial charge in [-0.15, -0.1) is 5.10 Å². The largest absolute Gasteiger partial charge is 0.249 e. The molecule has 0 N–H and O–H groups in total. The van der Waals surface area contributed by atoms with E-state index in [9.17, 15) is 8.42 Å². The van der Waals surface area contributed by atoms with E-state index in [1.54, 1.807) is 10.5 Å². The molecule has 3 rings (SSSR count). The van der Waals surface area contributed by atoms with E-state index in [0.717, 1.165) is 38.5 Å². The molecule has 0 bridgehead atoms. The third kappa shape index (κ3) is 2.74. The van der Waals surface area contributed by atoms with Crippen molar-refractivity contribution in [3.8, 4) is 0 Å². The first-order chi connectivity index (χ1) is 9.68. The molecule has 7 heteroatoms. The van der Waals surface area contributed by atoms with Crippen LogP contribution in [0.4, 0.5) is 0 Å². The Bertz CT molecular complexity index is 515. The highest BCUT2D eigenvalue weighted by molar-refractivity contribution is 7.89. The predicted octanol–water partition coefficient (Wildman–Crippen LogP) is 1.58. The molecule has 0 unspecified atom stereocenters. The van der Waals surface area contributed by atoms with Crippen molar-refractivity contribution in [1.82, 2.24) is 19.3 Å². The smallest absolute Gasteiger partial charge is 0.216 e. The fraction of sp³-hybridized carbons (Fsp3) is 0.846. The van der Waals surface area contributed by atoms with Crippen molar-refractivity contribution in [3.63, 3.8) is 0 Å². The van der Waals surface area contributed by atoms with Crippen LogP contribution in [-0.2, 0) is 10.0 Å². The van der Waals surface area contributed by atoms with Crippen LogP contribution < -0.4 is 0 Å². The third-order valence-electron chi connectivity index (χ3n) is 4.57. The van der Waals surface area contributed by atoms with Gasteiger partial charge in [-0.05, 0) is 25.7 Å². The molecule has 0 spiro atoms. The first kappa shape index (κ1) is 14.0. The van der Waals surface area contributed by atoms with E-state index < -0.39 is 10.0 Å². The number of hydrogen-bond acceptors (Lipinski definition) is 4. The quantitative estimate of drug-likeness (QED) is 0.849. The summed E-state index contributed by atoms with van der Waals surface area (Å²) in [6, 6.07) is 0.287. The summed E-state index contributed by atoms with van der Waals surface area (Å²) >= 11 is 0. The fourth-order valence-electron chi connectivity index (χ4n) is 3.35. The number of sulfonamides is 1. The molecule has 0 aromatic carbocycles. The van der Waals surface area contributed by atoms with Crippen LogP contribution >= 0.6 is 0 Å². The van der Waals surface area contributed by atoms with Crippen molar-refractivity contribution in [2.24, 2.45) is 0 Å². The summed E-state index contributed by atoms with van der Waals surface area (Å²) in [5.41, 5.74) is 0. The zero-order valence-corrected chi connectivity index (χ0v) is 12.5. The summed E-state index contributed by atoms with van der Waals surface area (Å²) in [4.78, 5) is 0. The Morgan fingerprint density at radius 3 is 2.30 bits per heavy atom. The summed E-state index contributed by atoms with van der Waals surface area (Å²) in [6.45, 7) is 1.23. The van der Waals surface area contributed by atoms with Gasteiger partial charge in [-0.3, -0.25) is 0 Å². The minimum absolute atomic E-state index is 0.140. The van der Waals surface area contributed by atoms with E-state index in [1.807, 2.05) is 10.9 Å². The van der Waals surface area contributed by atoms with Crippen LogP contribution in [0.3, 0.4) is 0 Å². The van der Waals surface area contributed by atoms with Crippen LogP contribution in [0, 0.1) is 0 Å².